The standard InChI is InChI=1S/C97H84O8/c1-98-85-57-69(58-86(65-85)99-2)41-45-73-25-9-13-29-77(73)49-53-81-33-17-21-37-93(81)97(94-38-22-18-34-82(94)54-50-78-30-14-10-26-74(78)46-42-70-59-87(100-3)66-88(60-70)101-4,95-39-23-19-35-83(95)55-51-79-31-15-11-27-75(79)47-43-71-61-89(102-5)67-90(62-71)103-6)96-40-24-20-36-84(96)56-52-80-32-16-12-28-76(80)48-44-72-63-91(104-7)68-92(64-72)105-8/h9-68H,1-8H3/b45-41+,46-42+,47-43+,48-44+,53-49+,54-50+,55-51+,56-52+. The molecular weight excluding hydrogens is 1290 g/mol. The van der Waals surface area contributed by atoms with E-state index in [0.717, 1.165) is 111 Å². The third-order valence-corrected chi connectivity index (χ3v) is 18.5. The van der Waals surface area contributed by atoms with Crippen LogP contribution in [0.1, 0.15) is 111 Å². The molecular formula is C97H84O8. The minimum absolute atomic E-state index is 0.714. The van der Waals surface area contributed by atoms with E-state index in [9.17, 15) is 0 Å². The average Bonchev–Trinajstić information content (AvgIpc) is 0.711. The average molecular weight is 1380 g/mol. The summed E-state index contributed by atoms with van der Waals surface area (Å²) in [6.07, 6.45) is 35.1. The summed E-state index contributed by atoms with van der Waals surface area (Å²) in [5.41, 5.74) is 19.3. The van der Waals surface area contributed by atoms with E-state index >= 15 is 0 Å². The van der Waals surface area contributed by atoms with Crippen LogP contribution in [-0.4, -0.2) is 56.9 Å². The SMILES string of the molecule is COc1cc(/C=C/c2ccccc2/C=C/c2ccccc2C(c2ccccc2/C=C/c2ccccc2/C=C/c2cc(OC)cc(OC)c2)(c2ccccc2/C=C/c2ccccc2/C=C/c2cc(OC)cc(OC)c2)c2ccccc2/C=C/c2ccccc2/C=C/c2cc(OC)cc(OC)c2)cc(OC)c1. The minimum atomic E-state index is -1.09. The van der Waals surface area contributed by atoms with Crippen molar-refractivity contribution >= 4 is 97.2 Å². The molecule has 0 saturated heterocycles. The van der Waals surface area contributed by atoms with Gasteiger partial charge >= 0.3 is 0 Å². The Bertz CT molecular complexity index is 4520. The van der Waals surface area contributed by atoms with Gasteiger partial charge in [-0.15, -0.1) is 0 Å². The molecule has 12 aromatic carbocycles. The lowest BCUT2D eigenvalue weighted by atomic mass is 9.60. The molecule has 0 unspecified atom stereocenters. The van der Waals surface area contributed by atoms with Gasteiger partial charge in [-0.05, 0) is 160 Å². The lowest BCUT2D eigenvalue weighted by molar-refractivity contribution is 0.394. The number of hydrogen-bond donors (Lipinski definition) is 0. The smallest absolute Gasteiger partial charge is 0.123 e. The number of rotatable bonds is 28. The van der Waals surface area contributed by atoms with E-state index in [2.05, 4.69) is 291 Å². The molecule has 8 nitrogen and oxygen atoms in total. The van der Waals surface area contributed by atoms with Crippen molar-refractivity contribution in [1.29, 1.82) is 0 Å². The third kappa shape index (κ3) is 17.5. The van der Waals surface area contributed by atoms with Gasteiger partial charge in [0.1, 0.15) is 46.0 Å². The summed E-state index contributed by atoms with van der Waals surface area (Å²) in [7, 11) is 13.4. The topological polar surface area (TPSA) is 73.8 Å². The van der Waals surface area contributed by atoms with Gasteiger partial charge in [0.2, 0.25) is 0 Å². The van der Waals surface area contributed by atoms with E-state index < -0.39 is 5.41 Å². The Morgan fingerprint density at radius 2 is 0.295 bits per heavy atom. The van der Waals surface area contributed by atoms with Gasteiger partial charge in [0, 0.05) is 24.3 Å². The van der Waals surface area contributed by atoms with Gasteiger partial charge in [-0.1, -0.05) is 291 Å². The van der Waals surface area contributed by atoms with E-state index in [0.29, 0.717) is 46.0 Å². The molecule has 0 bridgehead atoms. The van der Waals surface area contributed by atoms with Gasteiger partial charge in [-0.25, -0.2) is 0 Å². The zero-order valence-corrected chi connectivity index (χ0v) is 60.4. The molecule has 0 aliphatic rings. The highest BCUT2D eigenvalue weighted by Gasteiger charge is 2.43. The molecule has 0 aromatic heterocycles. The lowest BCUT2D eigenvalue weighted by Gasteiger charge is -2.41. The van der Waals surface area contributed by atoms with Crippen LogP contribution in [0.2, 0.25) is 0 Å². The maximum absolute atomic E-state index is 5.67. The van der Waals surface area contributed by atoms with Crippen molar-refractivity contribution in [2.45, 2.75) is 5.41 Å². The fourth-order valence-corrected chi connectivity index (χ4v) is 13.2. The molecule has 0 aliphatic heterocycles. The number of methoxy groups -OCH3 is 8. The zero-order valence-electron chi connectivity index (χ0n) is 60.4. The predicted octanol–water partition coefficient (Wildman–Crippen LogP) is 23.5. The van der Waals surface area contributed by atoms with Crippen molar-refractivity contribution in [3.05, 3.63) is 378 Å². The van der Waals surface area contributed by atoms with Crippen LogP contribution >= 0.6 is 0 Å². The maximum atomic E-state index is 5.67. The van der Waals surface area contributed by atoms with Gasteiger partial charge in [-0.2, -0.15) is 0 Å². The molecule has 0 spiro atoms. The molecule has 0 fully saturated rings. The van der Waals surface area contributed by atoms with Gasteiger partial charge < -0.3 is 37.9 Å². The van der Waals surface area contributed by atoms with Crippen molar-refractivity contribution in [2.24, 2.45) is 0 Å². The second kappa shape index (κ2) is 35.0. The highest BCUT2D eigenvalue weighted by molar-refractivity contribution is 5.89. The van der Waals surface area contributed by atoms with Crippen LogP contribution in [0.3, 0.4) is 0 Å². The largest absolute Gasteiger partial charge is 0.497 e. The second-order valence-electron chi connectivity index (χ2n) is 24.9. The van der Waals surface area contributed by atoms with Crippen molar-refractivity contribution in [3.8, 4) is 46.0 Å². The fraction of sp³-hybridized carbons (Fsp3) is 0.0928. The second-order valence-corrected chi connectivity index (χ2v) is 24.9. The molecule has 12 aromatic rings. The van der Waals surface area contributed by atoms with E-state index in [-0.39, 0.29) is 0 Å². The summed E-state index contributed by atoms with van der Waals surface area (Å²) in [6, 6.07) is 93.1. The van der Waals surface area contributed by atoms with Crippen LogP contribution in [0.4, 0.5) is 0 Å². The van der Waals surface area contributed by atoms with Crippen LogP contribution < -0.4 is 37.9 Å². The summed E-state index contributed by atoms with van der Waals surface area (Å²) in [5.74, 6) is 5.71. The maximum Gasteiger partial charge on any atom is 0.123 e. The van der Waals surface area contributed by atoms with Crippen LogP contribution in [0.5, 0.6) is 46.0 Å². The van der Waals surface area contributed by atoms with Crippen LogP contribution in [0.15, 0.2) is 267 Å². The van der Waals surface area contributed by atoms with Crippen LogP contribution in [0.25, 0.3) is 97.2 Å². The molecule has 8 heteroatoms. The van der Waals surface area contributed by atoms with E-state index in [1.165, 1.54) is 0 Å². The molecule has 12 rings (SSSR count). The predicted molar refractivity (Wildman–Crippen MR) is 440 cm³/mol. The first kappa shape index (κ1) is 71.8. The molecule has 0 N–H and O–H groups in total. The summed E-state index contributed by atoms with van der Waals surface area (Å²) in [4.78, 5) is 0. The van der Waals surface area contributed by atoms with Gasteiger partial charge in [0.25, 0.3) is 0 Å². The quantitative estimate of drug-likeness (QED) is 0.0355. The molecule has 0 atom stereocenters. The third-order valence-electron chi connectivity index (χ3n) is 18.5. The molecule has 0 radical (unpaired) electrons. The monoisotopic (exact) mass is 1380 g/mol. The molecule has 0 aliphatic carbocycles. The normalized spacial score (nSPS) is 11.9. The molecule has 0 saturated carbocycles. The van der Waals surface area contributed by atoms with E-state index in [1.807, 2.05) is 72.8 Å². The summed E-state index contributed by atoms with van der Waals surface area (Å²) in [6.45, 7) is 0. The van der Waals surface area contributed by atoms with Gasteiger partial charge in [0.05, 0.1) is 62.3 Å². The van der Waals surface area contributed by atoms with E-state index in [1.54, 1.807) is 56.9 Å². The fourth-order valence-electron chi connectivity index (χ4n) is 13.2. The number of ether oxygens (including phenoxy) is 8. The first-order chi connectivity index (χ1) is 51.6. The Morgan fingerprint density at radius 3 is 0.457 bits per heavy atom. The summed E-state index contributed by atoms with van der Waals surface area (Å²) >= 11 is 0. The number of benzene rings is 12. The number of hydrogen-bond acceptors (Lipinski definition) is 8. The van der Waals surface area contributed by atoms with Crippen molar-refractivity contribution in [2.75, 3.05) is 56.9 Å². The van der Waals surface area contributed by atoms with Crippen LogP contribution in [0, 0.1) is 0 Å². The Morgan fingerprint density at radius 1 is 0.162 bits per heavy atom. The lowest BCUT2D eigenvalue weighted by Crippen LogP contribution is -2.34. The zero-order chi connectivity index (χ0) is 72.7. The highest BCUT2D eigenvalue weighted by Crippen LogP contribution is 2.51. The van der Waals surface area contributed by atoms with Crippen molar-refractivity contribution < 1.29 is 37.9 Å². The van der Waals surface area contributed by atoms with Gasteiger partial charge in [-0.3, -0.25) is 0 Å². The highest BCUT2D eigenvalue weighted by atomic mass is 16.5. The minimum Gasteiger partial charge on any atom is -0.497 e. The van der Waals surface area contributed by atoms with Crippen LogP contribution in [-0.2, 0) is 5.41 Å². The summed E-state index contributed by atoms with van der Waals surface area (Å²) in [5, 5.41) is 0. The van der Waals surface area contributed by atoms with Crippen molar-refractivity contribution in [3.63, 3.8) is 0 Å². The molecule has 0 heterocycles. The molecule has 0 amide bonds. The Labute approximate surface area is 618 Å². The van der Waals surface area contributed by atoms with Gasteiger partial charge in [0.15, 0.2) is 0 Å². The first-order valence-electron chi connectivity index (χ1n) is 34.7. The van der Waals surface area contributed by atoms with Crippen molar-refractivity contribution in [1.82, 2.24) is 0 Å². The Kier molecular flexibility index (Phi) is 23.9. The summed E-state index contributed by atoms with van der Waals surface area (Å²) < 4.78 is 45.4. The van der Waals surface area contributed by atoms with E-state index in [4.69, 9.17) is 37.9 Å². The first-order valence-corrected chi connectivity index (χ1v) is 34.7. The Balaban J connectivity index is 1.09. The molecule has 520 valence electrons. The molecule has 105 heavy (non-hydrogen) atoms. The Hall–Kier alpha value is -13.0.